The van der Waals surface area contributed by atoms with Gasteiger partial charge in [-0.25, -0.2) is 0 Å². The largest absolute Gasteiger partial charge is 0.0743 e. The van der Waals surface area contributed by atoms with Gasteiger partial charge in [0.05, 0.1) is 0 Å². The maximum Gasteiger partial charge on any atom is 0.00888 e. The van der Waals surface area contributed by atoms with Crippen LogP contribution in [0.5, 0.6) is 0 Å². The molecule has 0 radical (unpaired) electrons. The van der Waals surface area contributed by atoms with Crippen LogP contribution in [0.1, 0.15) is 27.7 Å². The van der Waals surface area contributed by atoms with Crippen molar-refractivity contribution < 1.29 is 0 Å². The molecule has 0 saturated heterocycles. The summed E-state index contributed by atoms with van der Waals surface area (Å²) in [5, 5.41) is 0. The smallest absolute Gasteiger partial charge is 0.00888 e. The van der Waals surface area contributed by atoms with Crippen molar-refractivity contribution in [2.24, 2.45) is 11.3 Å². The maximum atomic E-state index is 2.30. The van der Waals surface area contributed by atoms with E-state index in [1.165, 1.54) is 5.57 Å². The predicted octanol–water partition coefficient (Wildman–Crippen LogP) is 3.16. The number of allylic oxidation sites excluding steroid dienone is 4. The fourth-order valence-electron chi connectivity index (χ4n) is 1.35. The second-order valence-corrected chi connectivity index (χ2v) is 3.65. The zero-order valence-corrected chi connectivity index (χ0v) is 7.31. The Balaban J connectivity index is 2.89. The Bertz CT molecular complexity index is 184. The second kappa shape index (κ2) is 2.26. The highest BCUT2D eigenvalue weighted by Crippen LogP contribution is 2.39. The lowest BCUT2D eigenvalue weighted by Gasteiger charge is -2.28. The normalized spacial score (nSPS) is 31.5. The molecule has 0 fully saturated rings. The highest BCUT2D eigenvalue weighted by Gasteiger charge is 2.28. The van der Waals surface area contributed by atoms with Gasteiger partial charge in [-0.3, -0.25) is 0 Å². The lowest BCUT2D eigenvalue weighted by molar-refractivity contribution is 0.365. The molecule has 1 atom stereocenters. The summed E-state index contributed by atoms with van der Waals surface area (Å²) in [5.74, 6) is 0.711. The molecule has 56 valence electrons. The number of hydrogen-bond acceptors (Lipinski definition) is 0. The van der Waals surface area contributed by atoms with Gasteiger partial charge in [0.1, 0.15) is 0 Å². The van der Waals surface area contributed by atoms with Gasteiger partial charge in [0.25, 0.3) is 0 Å². The zero-order chi connectivity index (χ0) is 7.78. The Morgan fingerprint density at radius 2 is 2.00 bits per heavy atom. The van der Waals surface area contributed by atoms with Gasteiger partial charge < -0.3 is 0 Å². The number of rotatable bonds is 1. The van der Waals surface area contributed by atoms with Gasteiger partial charge in [0.2, 0.25) is 0 Å². The molecule has 1 rings (SSSR count). The summed E-state index contributed by atoms with van der Waals surface area (Å²) in [4.78, 5) is 0. The molecule has 0 aliphatic heterocycles. The lowest BCUT2D eigenvalue weighted by Crippen LogP contribution is -2.19. The van der Waals surface area contributed by atoms with Crippen molar-refractivity contribution in [3.05, 3.63) is 23.8 Å². The molecule has 0 aromatic rings. The summed E-state index contributed by atoms with van der Waals surface area (Å²) in [6.45, 7) is 9.05. The second-order valence-electron chi connectivity index (χ2n) is 3.65. The Hall–Kier alpha value is -0.520. The summed E-state index contributed by atoms with van der Waals surface area (Å²) in [7, 11) is 0. The van der Waals surface area contributed by atoms with E-state index < -0.39 is 0 Å². The van der Waals surface area contributed by atoms with Crippen LogP contribution in [0.2, 0.25) is 0 Å². The minimum Gasteiger partial charge on any atom is -0.0743 e. The maximum absolute atomic E-state index is 2.30. The molecule has 0 spiro atoms. The first kappa shape index (κ1) is 7.59. The first-order valence-electron chi connectivity index (χ1n) is 3.94. The SMILES string of the molecule is CC1=CC=CC1(C)C(C)C. The van der Waals surface area contributed by atoms with E-state index in [-0.39, 0.29) is 0 Å². The van der Waals surface area contributed by atoms with Gasteiger partial charge in [-0.15, -0.1) is 0 Å². The van der Waals surface area contributed by atoms with Crippen molar-refractivity contribution in [1.29, 1.82) is 0 Å². The van der Waals surface area contributed by atoms with Crippen LogP contribution in [0.3, 0.4) is 0 Å². The van der Waals surface area contributed by atoms with E-state index in [4.69, 9.17) is 0 Å². The molecule has 0 bridgehead atoms. The third-order valence-electron chi connectivity index (χ3n) is 2.84. The molecule has 1 aliphatic rings. The molecule has 10 heavy (non-hydrogen) atoms. The van der Waals surface area contributed by atoms with Crippen LogP contribution in [0.4, 0.5) is 0 Å². The Kier molecular flexibility index (Phi) is 1.72. The Morgan fingerprint density at radius 1 is 1.40 bits per heavy atom. The highest BCUT2D eigenvalue weighted by atomic mass is 14.3. The van der Waals surface area contributed by atoms with E-state index in [0.29, 0.717) is 11.3 Å². The third kappa shape index (κ3) is 0.920. The summed E-state index contributed by atoms with van der Waals surface area (Å²) >= 11 is 0. The van der Waals surface area contributed by atoms with Crippen molar-refractivity contribution in [3.63, 3.8) is 0 Å². The van der Waals surface area contributed by atoms with Crippen molar-refractivity contribution in [1.82, 2.24) is 0 Å². The van der Waals surface area contributed by atoms with Gasteiger partial charge in [-0.05, 0) is 12.8 Å². The topological polar surface area (TPSA) is 0 Å². The van der Waals surface area contributed by atoms with Gasteiger partial charge in [0, 0.05) is 5.41 Å². The monoisotopic (exact) mass is 136 g/mol. The molecule has 0 nitrogen and oxygen atoms in total. The number of hydrogen-bond donors (Lipinski definition) is 0. The predicted molar refractivity (Wildman–Crippen MR) is 45.8 cm³/mol. The van der Waals surface area contributed by atoms with Crippen LogP contribution in [0.15, 0.2) is 23.8 Å². The Morgan fingerprint density at radius 3 is 2.20 bits per heavy atom. The van der Waals surface area contributed by atoms with Crippen LogP contribution in [0, 0.1) is 11.3 Å². The Labute approximate surface area is 63.6 Å². The molecule has 0 amide bonds. The fourth-order valence-corrected chi connectivity index (χ4v) is 1.35. The summed E-state index contributed by atoms with van der Waals surface area (Å²) in [5.41, 5.74) is 1.82. The van der Waals surface area contributed by atoms with Crippen LogP contribution < -0.4 is 0 Å². The molecule has 1 aliphatic carbocycles. The minimum atomic E-state index is 0.333. The van der Waals surface area contributed by atoms with Crippen molar-refractivity contribution in [2.75, 3.05) is 0 Å². The molecule has 1 unspecified atom stereocenters. The van der Waals surface area contributed by atoms with Crippen LogP contribution in [-0.4, -0.2) is 0 Å². The third-order valence-corrected chi connectivity index (χ3v) is 2.84. The van der Waals surface area contributed by atoms with E-state index >= 15 is 0 Å². The van der Waals surface area contributed by atoms with E-state index in [0.717, 1.165) is 0 Å². The minimum absolute atomic E-state index is 0.333. The molecular weight excluding hydrogens is 120 g/mol. The van der Waals surface area contributed by atoms with Gasteiger partial charge >= 0.3 is 0 Å². The first-order chi connectivity index (χ1) is 4.57. The molecule has 0 heteroatoms. The first-order valence-corrected chi connectivity index (χ1v) is 3.94. The fraction of sp³-hybridized carbons (Fsp3) is 0.600. The van der Waals surface area contributed by atoms with Crippen LogP contribution >= 0.6 is 0 Å². The van der Waals surface area contributed by atoms with E-state index in [1.54, 1.807) is 0 Å². The van der Waals surface area contributed by atoms with Gasteiger partial charge in [-0.2, -0.15) is 0 Å². The highest BCUT2D eigenvalue weighted by molar-refractivity contribution is 5.32. The standard InChI is InChI=1S/C10H16/c1-8(2)10(4)7-5-6-9(10)3/h5-8H,1-4H3. The van der Waals surface area contributed by atoms with Gasteiger partial charge in [0.15, 0.2) is 0 Å². The molecule has 0 saturated carbocycles. The van der Waals surface area contributed by atoms with E-state index in [2.05, 4.69) is 45.9 Å². The van der Waals surface area contributed by atoms with E-state index in [1.807, 2.05) is 0 Å². The molecule has 0 aromatic heterocycles. The lowest BCUT2D eigenvalue weighted by atomic mass is 9.76. The summed E-state index contributed by atoms with van der Waals surface area (Å²) < 4.78 is 0. The zero-order valence-electron chi connectivity index (χ0n) is 7.31. The van der Waals surface area contributed by atoms with Crippen LogP contribution in [-0.2, 0) is 0 Å². The summed E-state index contributed by atoms with van der Waals surface area (Å²) in [6.07, 6.45) is 6.67. The average Bonchev–Trinajstić information content (AvgIpc) is 2.15. The quantitative estimate of drug-likeness (QED) is 0.519. The molecule has 0 aromatic carbocycles. The van der Waals surface area contributed by atoms with Crippen molar-refractivity contribution >= 4 is 0 Å². The molecule has 0 N–H and O–H groups in total. The van der Waals surface area contributed by atoms with Gasteiger partial charge in [-0.1, -0.05) is 44.6 Å². The summed E-state index contributed by atoms with van der Waals surface area (Å²) in [6, 6.07) is 0. The van der Waals surface area contributed by atoms with Crippen LogP contribution in [0.25, 0.3) is 0 Å². The van der Waals surface area contributed by atoms with Crippen molar-refractivity contribution in [3.8, 4) is 0 Å². The average molecular weight is 136 g/mol. The van der Waals surface area contributed by atoms with Crippen molar-refractivity contribution in [2.45, 2.75) is 27.7 Å². The van der Waals surface area contributed by atoms with E-state index in [9.17, 15) is 0 Å². The molecular formula is C10H16. The molecule has 0 heterocycles.